The monoisotopic (exact) mass is 324 g/mol. The Bertz CT molecular complexity index is 774. The summed E-state index contributed by atoms with van der Waals surface area (Å²) in [6.45, 7) is 0. The summed E-state index contributed by atoms with van der Waals surface area (Å²) in [5, 5.41) is 5.41. The summed E-state index contributed by atoms with van der Waals surface area (Å²) in [7, 11) is 0. The van der Waals surface area contributed by atoms with E-state index in [9.17, 15) is 4.79 Å². The smallest absolute Gasteiger partial charge is 0.242 e. The maximum absolute atomic E-state index is 12.2. The maximum atomic E-state index is 12.2. The van der Waals surface area contributed by atoms with Crippen LogP contribution in [-0.4, -0.2) is 21.9 Å². The SMILES string of the molecule is NC(Cc1ccccc1)C(=O)Nc1csc(-c2ccncc2)n1. The van der Waals surface area contributed by atoms with Gasteiger partial charge in [-0.15, -0.1) is 11.3 Å². The van der Waals surface area contributed by atoms with E-state index in [1.165, 1.54) is 11.3 Å². The Kier molecular flexibility index (Phi) is 4.75. The number of carbonyl (C=O) groups is 1. The van der Waals surface area contributed by atoms with Crippen LogP contribution >= 0.6 is 11.3 Å². The highest BCUT2D eigenvalue weighted by Crippen LogP contribution is 2.25. The molecule has 0 saturated carbocycles. The van der Waals surface area contributed by atoms with E-state index in [-0.39, 0.29) is 5.91 Å². The first-order valence-electron chi connectivity index (χ1n) is 7.18. The predicted molar refractivity (Wildman–Crippen MR) is 92.1 cm³/mol. The van der Waals surface area contributed by atoms with E-state index in [0.29, 0.717) is 12.2 Å². The molecular formula is C17H16N4OS. The molecule has 1 amide bonds. The Morgan fingerprint density at radius 3 is 2.65 bits per heavy atom. The number of thiazole rings is 1. The van der Waals surface area contributed by atoms with E-state index in [1.807, 2.05) is 47.8 Å². The molecule has 3 rings (SSSR count). The van der Waals surface area contributed by atoms with Gasteiger partial charge >= 0.3 is 0 Å². The van der Waals surface area contributed by atoms with Crippen LogP contribution < -0.4 is 11.1 Å². The van der Waals surface area contributed by atoms with Gasteiger partial charge in [0.1, 0.15) is 10.8 Å². The van der Waals surface area contributed by atoms with E-state index in [0.717, 1.165) is 16.1 Å². The van der Waals surface area contributed by atoms with Gasteiger partial charge in [0.15, 0.2) is 0 Å². The number of pyridine rings is 1. The van der Waals surface area contributed by atoms with Crippen molar-refractivity contribution in [2.24, 2.45) is 5.73 Å². The summed E-state index contributed by atoms with van der Waals surface area (Å²) < 4.78 is 0. The Morgan fingerprint density at radius 1 is 1.17 bits per heavy atom. The lowest BCUT2D eigenvalue weighted by molar-refractivity contribution is -0.117. The number of aromatic nitrogens is 2. The number of amides is 1. The quantitative estimate of drug-likeness (QED) is 0.756. The number of benzene rings is 1. The van der Waals surface area contributed by atoms with Crippen molar-refractivity contribution in [1.29, 1.82) is 0 Å². The molecule has 1 unspecified atom stereocenters. The lowest BCUT2D eigenvalue weighted by Crippen LogP contribution is -2.37. The van der Waals surface area contributed by atoms with Crippen LogP contribution in [0.2, 0.25) is 0 Å². The molecule has 3 N–H and O–H groups in total. The number of rotatable bonds is 5. The zero-order valence-electron chi connectivity index (χ0n) is 12.3. The molecule has 1 aromatic carbocycles. The molecule has 1 atom stereocenters. The third-order valence-electron chi connectivity index (χ3n) is 3.32. The fourth-order valence-electron chi connectivity index (χ4n) is 2.14. The summed E-state index contributed by atoms with van der Waals surface area (Å²) in [5.41, 5.74) is 7.97. The fourth-order valence-corrected chi connectivity index (χ4v) is 2.90. The van der Waals surface area contributed by atoms with Gasteiger partial charge in [-0.25, -0.2) is 4.98 Å². The highest BCUT2D eigenvalue weighted by Gasteiger charge is 2.15. The first-order valence-corrected chi connectivity index (χ1v) is 8.06. The van der Waals surface area contributed by atoms with Crippen LogP contribution in [0.5, 0.6) is 0 Å². The largest absolute Gasteiger partial charge is 0.320 e. The molecule has 2 heterocycles. The van der Waals surface area contributed by atoms with Crippen molar-refractivity contribution in [3.8, 4) is 10.6 Å². The molecule has 23 heavy (non-hydrogen) atoms. The van der Waals surface area contributed by atoms with Crippen molar-refractivity contribution in [2.45, 2.75) is 12.5 Å². The number of hydrogen-bond donors (Lipinski definition) is 2. The van der Waals surface area contributed by atoms with E-state index >= 15 is 0 Å². The zero-order valence-corrected chi connectivity index (χ0v) is 13.2. The van der Waals surface area contributed by atoms with Crippen LogP contribution in [-0.2, 0) is 11.2 Å². The average molecular weight is 324 g/mol. The van der Waals surface area contributed by atoms with Gasteiger partial charge in [-0.1, -0.05) is 30.3 Å². The second kappa shape index (κ2) is 7.13. The van der Waals surface area contributed by atoms with Gasteiger partial charge in [-0.2, -0.15) is 0 Å². The molecule has 0 spiro atoms. The highest BCUT2D eigenvalue weighted by molar-refractivity contribution is 7.13. The molecule has 6 heteroatoms. The summed E-state index contributed by atoms with van der Waals surface area (Å²) in [6, 6.07) is 12.9. The molecule has 5 nitrogen and oxygen atoms in total. The second-order valence-corrected chi connectivity index (χ2v) is 5.92. The molecule has 0 fully saturated rings. The summed E-state index contributed by atoms with van der Waals surface area (Å²) >= 11 is 1.47. The van der Waals surface area contributed by atoms with Crippen molar-refractivity contribution in [1.82, 2.24) is 9.97 Å². The van der Waals surface area contributed by atoms with Crippen LogP contribution in [0.3, 0.4) is 0 Å². The van der Waals surface area contributed by atoms with E-state index in [2.05, 4.69) is 15.3 Å². The summed E-state index contributed by atoms with van der Waals surface area (Å²) in [5.74, 6) is 0.288. The van der Waals surface area contributed by atoms with Crippen LogP contribution in [0.1, 0.15) is 5.56 Å². The van der Waals surface area contributed by atoms with E-state index in [1.54, 1.807) is 12.4 Å². The predicted octanol–water partition coefficient (Wildman–Crippen LogP) is 2.71. The normalized spacial score (nSPS) is 11.9. The van der Waals surface area contributed by atoms with Gasteiger partial charge in [0.25, 0.3) is 0 Å². The van der Waals surface area contributed by atoms with Crippen molar-refractivity contribution >= 4 is 23.1 Å². The minimum atomic E-state index is -0.608. The minimum Gasteiger partial charge on any atom is -0.320 e. The highest BCUT2D eigenvalue weighted by atomic mass is 32.1. The topological polar surface area (TPSA) is 80.9 Å². The van der Waals surface area contributed by atoms with Crippen LogP contribution in [0.25, 0.3) is 10.6 Å². The molecule has 0 radical (unpaired) electrons. The van der Waals surface area contributed by atoms with Gasteiger partial charge in [0, 0.05) is 23.3 Å². The van der Waals surface area contributed by atoms with E-state index in [4.69, 9.17) is 5.73 Å². The number of nitrogens with two attached hydrogens (primary N) is 1. The molecule has 3 aromatic rings. The maximum Gasteiger partial charge on any atom is 0.242 e. The first kappa shape index (κ1) is 15.3. The van der Waals surface area contributed by atoms with Crippen LogP contribution in [0.4, 0.5) is 5.82 Å². The third kappa shape index (κ3) is 4.00. The number of nitrogens with zero attached hydrogens (tertiary/aromatic N) is 2. The van der Waals surface area contributed by atoms with Gasteiger partial charge in [-0.3, -0.25) is 9.78 Å². The molecule has 0 aliphatic heterocycles. The molecule has 0 aliphatic carbocycles. The first-order chi connectivity index (χ1) is 11.2. The van der Waals surface area contributed by atoms with Crippen molar-refractivity contribution in [3.63, 3.8) is 0 Å². The van der Waals surface area contributed by atoms with Crippen molar-refractivity contribution in [2.75, 3.05) is 5.32 Å². The number of carbonyl (C=O) groups excluding carboxylic acids is 1. The van der Waals surface area contributed by atoms with Gasteiger partial charge in [-0.05, 0) is 24.1 Å². The second-order valence-electron chi connectivity index (χ2n) is 5.06. The van der Waals surface area contributed by atoms with Gasteiger partial charge in [0.05, 0.1) is 6.04 Å². The lowest BCUT2D eigenvalue weighted by Gasteiger charge is -2.10. The average Bonchev–Trinajstić information content (AvgIpc) is 3.05. The van der Waals surface area contributed by atoms with E-state index < -0.39 is 6.04 Å². The molecule has 0 bridgehead atoms. The summed E-state index contributed by atoms with van der Waals surface area (Å²) in [6.07, 6.45) is 3.92. The van der Waals surface area contributed by atoms with Crippen molar-refractivity contribution in [3.05, 3.63) is 65.8 Å². The molecule has 0 aliphatic rings. The number of hydrogen-bond acceptors (Lipinski definition) is 5. The lowest BCUT2D eigenvalue weighted by atomic mass is 10.1. The Balaban J connectivity index is 1.63. The molecule has 2 aromatic heterocycles. The fraction of sp³-hybridized carbons (Fsp3) is 0.118. The standard InChI is InChI=1S/C17H16N4OS/c18-14(10-12-4-2-1-3-5-12)16(22)20-15-11-23-17(21-15)13-6-8-19-9-7-13/h1-9,11,14H,10,18H2,(H,20,22). The Labute approximate surface area is 138 Å². The van der Waals surface area contributed by atoms with Crippen molar-refractivity contribution < 1.29 is 4.79 Å². The van der Waals surface area contributed by atoms with Crippen LogP contribution in [0.15, 0.2) is 60.2 Å². The third-order valence-corrected chi connectivity index (χ3v) is 4.21. The zero-order chi connectivity index (χ0) is 16.1. The van der Waals surface area contributed by atoms with Gasteiger partial charge < -0.3 is 11.1 Å². The number of nitrogens with one attached hydrogen (secondary N) is 1. The minimum absolute atomic E-state index is 0.236. The molecule has 0 saturated heterocycles. The molecule has 116 valence electrons. The Hall–Kier alpha value is -2.57. The number of anilines is 1. The van der Waals surface area contributed by atoms with Crippen LogP contribution in [0, 0.1) is 0 Å². The molecular weight excluding hydrogens is 308 g/mol. The summed E-state index contributed by atoms with van der Waals surface area (Å²) in [4.78, 5) is 20.6. The Morgan fingerprint density at radius 2 is 1.91 bits per heavy atom. The van der Waals surface area contributed by atoms with Gasteiger partial charge in [0.2, 0.25) is 5.91 Å².